The van der Waals surface area contributed by atoms with Gasteiger partial charge in [0.1, 0.15) is 0 Å². The third-order valence-electron chi connectivity index (χ3n) is 5.19. The number of halogens is 2. The summed E-state index contributed by atoms with van der Waals surface area (Å²) in [7, 11) is 1.80. The molecule has 1 saturated carbocycles. The summed E-state index contributed by atoms with van der Waals surface area (Å²) in [5, 5.41) is 1.23. The van der Waals surface area contributed by atoms with E-state index in [1.807, 2.05) is 12.1 Å². The first kappa shape index (κ1) is 18.1. The summed E-state index contributed by atoms with van der Waals surface area (Å²) in [6.45, 7) is 2.19. The molecule has 0 amide bonds. The molecule has 2 atom stereocenters. The van der Waals surface area contributed by atoms with Crippen LogP contribution in [-0.4, -0.2) is 19.3 Å². The van der Waals surface area contributed by atoms with Gasteiger partial charge in [0.15, 0.2) is 0 Å². The van der Waals surface area contributed by atoms with Gasteiger partial charge < -0.3 is 10.5 Å². The largest absolute Gasteiger partial charge is 0.381 e. The summed E-state index contributed by atoms with van der Waals surface area (Å²) < 4.78 is 5.55. The van der Waals surface area contributed by atoms with Crippen molar-refractivity contribution in [1.82, 2.24) is 0 Å². The van der Waals surface area contributed by atoms with E-state index in [1.54, 1.807) is 7.11 Å². The second kappa shape index (κ2) is 8.01. The lowest BCUT2D eigenvalue weighted by Crippen LogP contribution is -2.50. The molecule has 1 aliphatic carbocycles. The summed E-state index contributed by atoms with van der Waals surface area (Å²) in [5.41, 5.74) is 7.91. The zero-order valence-electron chi connectivity index (χ0n) is 13.6. The lowest BCUT2D eigenvalue weighted by atomic mass is 9.59. The third-order valence-corrected chi connectivity index (χ3v) is 5.93. The van der Waals surface area contributed by atoms with E-state index in [4.69, 9.17) is 33.7 Å². The fourth-order valence-electron chi connectivity index (χ4n) is 3.58. The Kier molecular flexibility index (Phi) is 6.58. The number of hydrogen-bond donors (Lipinski definition) is 1. The molecule has 0 aromatic heterocycles. The number of hydrogen-bond acceptors (Lipinski definition) is 2. The third kappa shape index (κ3) is 3.79. The minimum absolute atomic E-state index is 0.0682. The Labute approximate surface area is 144 Å². The molecule has 1 aliphatic rings. The van der Waals surface area contributed by atoms with Gasteiger partial charge in [0.25, 0.3) is 0 Å². The number of ether oxygens (including phenoxy) is 1. The standard InChI is InChI=1S/C18H27Cl2NO/c1-3-5-14(22-2)7-9-17(21)18(10-4-11-18)13-6-8-15(19)16(20)12-13/h6,8,12,14,17H,3-5,7,9-11,21H2,1-2H3. The molecule has 0 aliphatic heterocycles. The van der Waals surface area contributed by atoms with Crippen LogP contribution < -0.4 is 5.73 Å². The van der Waals surface area contributed by atoms with Crippen LogP contribution in [0.3, 0.4) is 0 Å². The minimum Gasteiger partial charge on any atom is -0.381 e. The number of benzene rings is 1. The molecule has 1 fully saturated rings. The van der Waals surface area contributed by atoms with Crippen LogP contribution in [0, 0.1) is 0 Å². The SMILES string of the molecule is CCCC(CCC(N)C1(c2ccc(Cl)c(Cl)c2)CCC1)OC. The Hall–Kier alpha value is -0.280. The summed E-state index contributed by atoms with van der Waals surface area (Å²) in [6.07, 6.45) is 8.08. The van der Waals surface area contributed by atoms with Crippen molar-refractivity contribution in [2.45, 2.75) is 69.4 Å². The highest BCUT2D eigenvalue weighted by molar-refractivity contribution is 6.42. The maximum atomic E-state index is 6.60. The van der Waals surface area contributed by atoms with Crippen LogP contribution in [-0.2, 0) is 10.2 Å². The van der Waals surface area contributed by atoms with Crippen molar-refractivity contribution in [3.8, 4) is 0 Å². The molecule has 2 unspecified atom stereocenters. The first-order valence-corrected chi connectivity index (χ1v) is 9.03. The first-order chi connectivity index (χ1) is 10.5. The van der Waals surface area contributed by atoms with E-state index in [0.717, 1.165) is 38.5 Å². The highest BCUT2D eigenvalue weighted by Gasteiger charge is 2.43. The molecular formula is C18H27Cl2NO. The molecule has 1 aromatic rings. The van der Waals surface area contributed by atoms with Gasteiger partial charge in [-0.1, -0.05) is 49.0 Å². The minimum atomic E-state index is 0.0682. The van der Waals surface area contributed by atoms with E-state index in [-0.39, 0.29) is 11.5 Å². The zero-order chi connectivity index (χ0) is 16.2. The predicted octanol–water partition coefficient (Wildman–Crippen LogP) is 5.34. The average Bonchev–Trinajstić information content (AvgIpc) is 2.46. The van der Waals surface area contributed by atoms with Crippen molar-refractivity contribution in [3.05, 3.63) is 33.8 Å². The van der Waals surface area contributed by atoms with Crippen molar-refractivity contribution in [2.24, 2.45) is 5.73 Å². The van der Waals surface area contributed by atoms with Crippen LogP contribution in [0.1, 0.15) is 57.4 Å². The summed E-state index contributed by atoms with van der Waals surface area (Å²) >= 11 is 12.3. The van der Waals surface area contributed by atoms with Crippen molar-refractivity contribution in [1.29, 1.82) is 0 Å². The lowest BCUT2D eigenvalue weighted by molar-refractivity contribution is 0.0767. The molecule has 0 radical (unpaired) electrons. The second-order valence-corrected chi connectivity index (χ2v) is 7.28. The molecule has 0 spiro atoms. The van der Waals surface area contributed by atoms with Gasteiger partial charge in [0, 0.05) is 18.6 Å². The lowest BCUT2D eigenvalue weighted by Gasteiger charge is -2.47. The molecule has 1 aromatic carbocycles. The fraction of sp³-hybridized carbons (Fsp3) is 0.667. The van der Waals surface area contributed by atoms with Gasteiger partial charge in [-0.3, -0.25) is 0 Å². The van der Waals surface area contributed by atoms with Crippen LogP contribution in [0.2, 0.25) is 10.0 Å². The van der Waals surface area contributed by atoms with Crippen molar-refractivity contribution in [2.75, 3.05) is 7.11 Å². The summed E-state index contributed by atoms with van der Waals surface area (Å²) in [6, 6.07) is 6.13. The zero-order valence-corrected chi connectivity index (χ0v) is 15.1. The van der Waals surface area contributed by atoms with Gasteiger partial charge in [-0.05, 0) is 49.8 Å². The fourth-order valence-corrected chi connectivity index (χ4v) is 3.88. The first-order valence-electron chi connectivity index (χ1n) is 8.27. The monoisotopic (exact) mass is 343 g/mol. The molecular weight excluding hydrogens is 317 g/mol. The highest BCUT2D eigenvalue weighted by Crippen LogP contribution is 2.48. The summed E-state index contributed by atoms with van der Waals surface area (Å²) in [5.74, 6) is 0. The molecule has 2 nitrogen and oxygen atoms in total. The quantitative estimate of drug-likeness (QED) is 0.691. The van der Waals surface area contributed by atoms with Gasteiger partial charge in [0.2, 0.25) is 0 Å². The Morgan fingerprint density at radius 1 is 1.18 bits per heavy atom. The molecule has 0 heterocycles. The van der Waals surface area contributed by atoms with Gasteiger partial charge in [-0.2, -0.15) is 0 Å². The molecule has 2 rings (SSSR count). The average molecular weight is 344 g/mol. The van der Waals surface area contributed by atoms with Crippen molar-refractivity contribution >= 4 is 23.2 Å². The number of rotatable bonds is 8. The van der Waals surface area contributed by atoms with Crippen molar-refractivity contribution < 1.29 is 4.74 Å². The number of nitrogens with two attached hydrogens (primary N) is 1. The van der Waals surface area contributed by atoms with E-state index < -0.39 is 0 Å². The molecule has 124 valence electrons. The van der Waals surface area contributed by atoms with Gasteiger partial charge >= 0.3 is 0 Å². The Balaban J connectivity index is 2.07. The Morgan fingerprint density at radius 2 is 1.91 bits per heavy atom. The van der Waals surface area contributed by atoms with E-state index >= 15 is 0 Å². The smallest absolute Gasteiger partial charge is 0.0595 e. The van der Waals surface area contributed by atoms with Crippen LogP contribution in [0.4, 0.5) is 0 Å². The van der Waals surface area contributed by atoms with Crippen molar-refractivity contribution in [3.63, 3.8) is 0 Å². The summed E-state index contributed by atoms with van der Waals surface area (Å²) in [4.78, 5) is 0. The normalized spacial score (nSPS) is 19.5. The molecule has 22 heavy (non-hydrogen) atoms. The highest BCUT2D eigenvalue weighted by atomic mass is 35.5. The maximum absolute atomic E-state index is 6.60. The molecule has 0 bridgehead atoms. The Morgan fingerprint density at radius 3 is 2.41 bits per heavy atom. The van der Waals surface area contributed by atoms with Crippen LogP contribution in [0.15, 0.2) is 18.2 Å². The maximum Gasteiger partial charge on any atom is 0.0595 e. The van der Waals surface area contributed by atoms with Gasteiger partial charge in [-0.25, -0.2) is 0 Å². The number of methoxy groups -OCH3 is 1. The molecule has 2 N–H and O–H groups in total. The van der Waals surface area contributed by atoms with E-state index in [2.05, 4.69) is 13.0 Å². The van der Waals surface area contributed by atoms with Crippen LogP contribution in [0.25, 0.3) is 0 Å². The van der Waals surface area contributed by atoms with Crippen LogP contribution >= 0.6 is 23.2 Å². The van der Waals surface area contributed by atoms with E-state index in [1.165, 1.54) is 12.0 Å². The van der Waals surface area contributed by atoms with Gasteiger partial charge in [0.05, 0.1) is 16.1 Å². The Bertz CT molecular complexity index is 488. The molecule has 0 saturated heterocycles. The second-order valence-electron chi connectivity index (χ2n) is 6.47. The van der Waals surface area contributed by atoms with E-state index in [9.17, 15) is 0 Å². The topological polar surface area (TPSA) is 35.2 Å². The van der Waals surface area contributed by atoms with Crippen LogP contribution in [0.5, 0.6) is 0 Å². The molecule has 4 heteroatoms. The van der Waals surface area contributed by atoms with E-state index in [0.29, 0.717) is 16.1 Å². The van der Waals surface area contributed by atoms with Gasteiger partial charge in [-0.15, -0.1) is 0 Å². The predicted molar refractivity (Wildman–Crippen MR) is 94.9 cm³/mol.